The molecule has 3 atom stereocenters. The van der Waals surface area contributed by atoms with E-state index >= 15 is 0 Å². The quantitative estimate of drug-likeness (QED) is 0.732. The molecule has 0 aromatic rings. The summed E-state index contributed by atoms with van der Waals surface area (Å²) in [6, 6.07) is 0.642. The van der Waals surface area contributed by atoms with E-state index in [1.54, 1.807) is 0 Å². The van der Waals surface area contributed by atoms with Crippen LogP contribution in [0.2, 0.25) is 0 Å². The minimum atomic E-state index is 0.503. The van der Waals surface area contributed by atoms with Crippen molar-refractivity contribution in [3.8, 4) is 0 Å². The van der Waals surface area contributed by atoms with E-state index in [2.05, 4.69) is 33.0 Å². The number of ether oxygens (including phenoxy) is 1. The summed E-state index contributed by atoms with van der Waals surface area (Å²) in [5.74, 6) is 1.53. The number of rotatable bonds is 6. The fourth-order valence-electron chi connectivity index (χ4n) is 2.52. The highest BCUT2D eigenvalue weighted by Crippen LogP contribution is 2.22. The molecule has 1 heterocycles. The van der Waals surface area contributed by atoms with Crippen LogP contribution in [0.4, 0.5) is 0 Å². The molecule has 0 radical (unpaired) electrons. The lowest BCUT2D eigenvalue weighted by atomic mass is 9.98. The van der Waals surface area contributed by atoms with E-state index < -0.39 is 0 Å². The van der Waals surface area contributed by atoms with E-state index in [0.29, 0.717) is 12.1 Å². The Balaban J connectivity index is 2.18. The molecule has 90 valence electrons. The third-order valence-corrected chi connectivity index (χ3v) is 3.30. The Morgan fingerprint density at radius 3 is 2.67 bits per heavy atom. The van der Waals surface area contributed by atoms with Crippen molar-refractivity contribution < 1.29 is 4.74 Å². The smallest absolute Gasteiger partial charge is 0.0613 e. The van der Waals surface area contributed by atoms with Crippen LogP contribution >= 0.6 is 0 Å². The first kappa shape index (κ1) is 13.0. The first-order valence-electron chi connectivity index (χ1n) is 6.48. The minimum Gasteiger partial charge on any atom is -0.378 e. The Bertz CT molecular complexity index is 170. The second-order valence-electron chi connectivity index (χ2n) is 5.31. The van der Waals surface area contributed by atoms with Crippen molar-refractivity contribution >= 4 is 0 Å². The van der Waals surface area contributed by atoms with Crippen LogP contribution in [-0.4, -0.2) is 25.3 Å². The molecular weight excluding hydrogens is 186 g/mol. The highest BCUT2D eigenvalue weighted by molar-refractivity contribution is 4.78. The summed E-state index contributed by atoms with van der Waals surface area (Å²) in [5.41, 5.74) is 0. The molecule has 0 amide bonds. The van der Waals surface area contributed by atoms with Gasteiger partial charge < -0.3 is 10.1 Å². The Hall–Kier alpha value is -0.0800. The number of hydrogen-bond acceptors (Lipinski definition) is 2. The van der Waals surface area contributed by atoms with Gasteiger partial charge in [0.1, 0.15) is 0 Å². The van der Waals surface area contributed by atoms with Crippen LogP contribution in [0.3, 0.4) is 0 Å². The molecule has 0 aromatic heterocycles. The lowest BCUT2D eigenvalue weighted by Gasteiger charge is -2.21. The molecule has 0 spiro atoms. The van der Waals surface area contributed by atoms with Crippen molar-refractivity contribution in [3.05, 3.63) is 0 Å². The first-order chi connectivity index (χ1) is 7.13. The third kappa shape index (κ3) is 4.52. The number of hydrogen-bond donors (Lipinski definition) is 1. The zero-order chi connectivity index (χ0) is 11.3. The van der Waals surface area contributed by atoms with Crippen LogP contribution in [0.5, 0.6) is 0 Å². The fraction of sp³-hybridized carbons (Fsp3) is 1.00. The molecule has 1 rings (SSSR count). The van der Waals surface area contributed by atoms with Gasteiger partial charge >= 0.3 is 0 Å². The van der Waals surface area contributed by atoms with Gasteiger partial charge in [-0.25, -0.2) is 0 Å². The summed E-state index contributed by atoms with van der Waals surface area (Å²) in [6.45, 7) is 11.2. The van der Waals surface area contributed by atoms with Gasteiger partial charge in [0, 0.05) is 19.2 Å². The van der Waals surface area contributed by atoms with Crippen molar-refractivity contribution in [2.24, 2.45) is 11.8 Å². The zero-order valence-corrected chi connectivity index (χ0v) is 10.8. The van der Waals surface area contributed by atoms with Gasteiger partial charge in [-0.2, -0.15) is 0 Å². The normalized spacial score (nSPS) is 28.6. The second kappa shape index (κ2) is 6.49. The SMILES string of the molecule is CCC1OCCC1CNC(C)CC(C)C. The summed E-state index contributed by atoms with van der Waals surface area (Å²) < 4.78 is 5.69. The summed E-state index contributed by atoms with van der Waals surface area (Å²) >= 11 is 0. The van der Waals surface area contributed by atoms with Gasteiger partial charge in [-0.05, 0) is 38.0 Å². The average molecular weight is 213 g/mol. The molecule has 0 aromatic carbocycles. The monoisotopic (exact) mass is 213 g/mol. The van der Waals surface area contributed by atoms with Crippen LogP contribution in [0.1, 0.15) is 47.0 Å². The fourth-order valence-corrected chi connectivity index (χ4v) is 2.52. The van der Waals surface area contributed by atoms with Gasteiger partial charge in [-0.1, -0.05) is 20.8 Å². The molecule has 1 fully saturated rings. The van der Waals surface area contributed by atoms with Crippen molar-refractivity contribution in [2.45, 2.75) is 59.1 Å². The summed E-state index contributed by atoms with van der Waals surface area (Å²) in [5, 5.41) is 3.64. The van der Waals surface area contributed by atoms with Gasteiger partial charge in [0.15, 0.2) is 0 Å². The minimum absolute atomic E-state index is 0.503. The van der Waals surface area contributed by atoms with Gasteiger partial charge in [-0.15, -0.1) is 0 Å². The van der Waals surface area contributed by atoms with Gasteiger partial charge in [0.05, 0.1) is 6.10 Å². The maximum absolute atomic E-state index is 5.69. The summed E-state index contributed by atoms with van der Waals surface area (Å²) in [4.78, 5) is 0. The summed E-state index contributed by atoms with van der Waals surface area (Å²) in [6.07, 6.45) is 4.17. The molecular formula is C13H27NO. The van der Waals surface area contributed by atoms with E-state index in [9.17, 15) is 0 Å². The average Bonchev–Trinajstić information content (AvgIpc) is 2.60. The van der Waals surface area contributed by atoms with Crippen LogP contribution in [0, 0.1) is 11.8 Å². The van der Waals surface area contributed by atoms with E-state index in [-0.39, 0.29) is 0 Å². The first-order valence-corrected chi connectivity index (χ1v) is 6.48. The van der Waals surface area contributed by atoms with E-state index in [1.165, 1.54) is 12.8 Å². The highest BCUT2D eigenvalue weighted by Gasteiger charge is 2.26. The molecule has 1 aliphatic heterocycles. The van der Waals surface area contributed by atoms with E-state index in [1.807, 2.05) is 0 Å². The van der Waals surface area contributed by atoms with Crippen molar-refractivity contribution in [2.75, 3.05) is 13.2 Å². The van der Waals surface area contributed by atoms with Crippen LogP contribution in [0.25, 0.3) is 0 Å². The third-order valence-electron chi connectivity index (χ3n) is 3.30. The van der Waals surface area contributed by atoms with Crippen LogP contribution in [-0.2, 0) is 4.74 Å². The molecule has 0 bridgehead atoms. The Kier molecular flexibility index (Phi) is 5.62. The Morgan fingerprint density at radius 2 is 2.07 bits per heavy atom. The van der Waals surface area contributed by atoms with Crippen LogP contribution < -0.4 is 5.32 Å². The maximum atomic E-state index is 5.69. The zero-order valence-electron chi connectivity index (χ0n) is 10.8. The molecule has 15 heavy (non-hydrogen) atoms. The van der Waals surface area contributed by atoms with Crippen molar-refractivity contribution in [1.29, 1.82) is 0 Å². The lowest BCUT2D eigenvalue weighted by Crippen LogP contribution is -2.34. The molecule has 2 nitrogen and oxygen atoms in total. The molecule has 1 N–H and O–H groups in total. The number of nitrogens with one attached hydrogen (secondary N) is 1. The van der Waals surface area contributed by atoms with Crippen molar-refractivity contribution in [1.82, 2.24) is 5.32 Å². The predicted octanol–water partition coefficient (Wildman–Crippen LogP) is 2.83. The largest absolute Gasteiger partial charge is 0.378 e. The predicted molar refractivity (Wildman–Crippen MR) is 65.1 cm³/mol. The van der Waals surface area contributed by atoms with E-state index in [4.69, 9.17) is 4.74 Å². The highest BCUT2D eigenvalue weighted by atomic mass is 16.5. The molecule has 3 unspecified atom stereocenters. The molecule has 2 heteroatoms. The molecule has 0 saturated carbocycles. The maximum Gasteiger partial charge on any atom is 0.0613 e. The summed E-state index contributed by atoms with van der Waals surface area (Å²) in [7, 11) is 0. The van der Waals surface area contributed by atoms with Gasteiger partial charge in [0.2, 0.25) is 0 Å². The Labute approximate surface area is 94.8 Å². The van der Waals surface area contributed by atoms with Crippen LogP contribution in [0.15, 0.2) is 0 Å². The Morgan fingerprint density at radius 1 is 1.33 bits per heavy atom. The second-order valence-corrected chi connectivity index (χ2v) is 5.31. The topological polar surface area (TPSA) is 21.3 Å². The lowest BCUT2D eigenvalue weighted by molar-refractivity contribution is 0.0866. The molecule has 0 aliphatic carbocycles. The standard InChI is InChI=1S/C13H27NO/c1-5-13-12(6-7-15-13)9-14-11(4)8-10(2)3/h10-14H,5-9H2,1-4H3. The van der Waals surface area contributed by atoms with Gasteiger partial charge in [-0.3, -0.25) is 0 Å². The van der Waals surface area contributed by atoms with Gasteiger partial charge in [0.25, 0.3) is 0 Å². The molecule has 1 saturated heterocycles. The van der Waals surface area contributed by atoms with Crippen molar-refractivity contribution in [3.63, 3.8) is 0 Å². The van der Waals surface area contributed by atoms with E-state index in [0.717, 1.165) is 31.4 Å². The molecule has 1 aliphatic rings.